The lowest BCUT2D eigenvalue weighted by molar-refractivity contribution is -0.140. The summed E-state index contributed by atoms with van der Waals surface area (Å²) in [4.78, 5) is 23.7. The summed E-state index contributed by atoms with van der Waals surface area (Å²) in [7, 11) is -3.07. The predicted octanol–water partition coefficient (Wildman–Crippen LogP) is 0.846. The number of rotatable bonds is 4. The summed E-state index contributed by atoms with van der Waals surface area (Å²) in [6.45, 7) is 5.26. The molecule has 9 heteroatoms. The zero-order valence-electron chi connectivity index (χ0n) is 13.8. The van der Waals surface area contributed by atoms with Crippen molar-refractivity contribution >= 4 is 27.5 Å². The molecular formula is C15H21N3O5S. The number of sulfone groups is 1. The number of nitrogens with zero attached hydrogens (tertiary/aromatic N) is 2. The number of hydrogen-bond acceptors (Lipinski definition) is 5. The van der Waals surface area contributed by atoms with Crippen molar-refractivity contribution < 1.29 is 23.1 Å². The van der Waals surface area contributed by atoms with Crippen molar-refractivity contribution in [2.24, 2.45) is 17.3 Å². The lowest BCUT2D eigenvalue weighted by Crippen LogP contribution is -2.22. The first-order chi connectivity index (χ1) is 11.0. The van der Waals surface area contributed by atoms with Crippen molar-refractivity contribution in [1.82, 2.24) is 9.78 Å². The zero-order valence-corrected chi connectivity index (χ0v) is 14.6. The molecule has 1 aromatic heterocycles. The number of hydrogen-bond donors (Lipinski definition) is 2. The Labute approximate surface area is 140 Å². The molecule has 0 radical (unpaired) electrons. The summed E-state index contributed by atoms with van der Waals surface area (Å²) < 4.78 is 24.9. The molecule has 1 aliphatic heterocycles. The van der Waals surface area contributed by atoms with Crippen molar-refractivity contribution in [3.63, 3.8) is 0 Å². The second-order valence-electron chi connectivity index (χ2n) is 7.28. The number of aryl methyl sites for hydroxylation is 1. The largest absolute Gasteiger partial charge is 0.481 e. The maximum absolute atomic E-state index is 12.5. The van der Waals surface area contributed by atoms with Gasteiger partial charge in [0.15, 0.2) is 9.84 Å². The Hall–Kier alpha value is -1.90. The smallest absolute Gasteiger partial charge is 0.307 e. The first kappa shape index (κ1) is 16.9. The Bertz CT molecular complexity index is 811. The molecule has 0 bridgehead atoms. The van der Waals surface area contributed by atoms with Gasteiger partial charge >= 0.3 is 5.97 Å². The molecule has 24 heavy (non-hydrogen) atoms. The number of carboxylic acids is 1. The van der Waals surface area contributed by atoms with Crippen LogP contribution < -0.4 is 5.32 Å². The molecule has 1 aliphatic carbocycles. The van der Waals surface area contributed by atoms with Gasteiger partial charge in [-0.3, -0.25) is 9.59 Å². The molecule has 2 heterocycles. The van der Waals surface area contributed by atoms with E-state index in [1.54, 1.807) is 31.5 Å². The SMILES string of the molecule is Cc1cc(NC(=O)[C@@H]2[C@H](C(=O)O)C2(C)C)n([C@H]2CCS(=O)(=O)C2)n1. The molecule has 1 saturated carbocycles. The lowest BCUT2D eigenvalue weighted by atomic mass is 10.1. The van der Waals surface area contributed by atoms with Crippen molar-refractivity contribution in [3.8, 4) is 0 Å². The van der Waals surface area contributed by atoms with Crippen LogP contribution in [-0.2, 0) is 19.4 Å². The molecule has 2 N–H and O–H groups in total. The molecule has 0 aromatic carbocycles. The molecule has 0 unspecified atom stereocenters. The van der Waals surface area contributed by atoms with Gasteiger partial charge in [-0.05, 0) is 18.8 Å². The maximum Gasteiger partial charge on any atom is 0.307 e. The molecule has 2 fully saturated rings. The van der Waals surface area contributed by atoms with Gasteiger partial charge in [0.05, 0.1) is 35.1 Å². The van der Waals surface area contributed by atoms with Gasteiger partial charge in [0.25, 0.3) is 0 Å². The molecule has 3 rings (SSSR count). The van der Waals surface area contributed by atoms with Crippen LogP contribution in [0.15, 0.2) is 6.07 Å². The van der Waals surface area contributed by atoms with E-state index in [-0.39, 0.29) is 23.5 Å². The Morgan fingerprint density at radius 2 is 2.04 bits per heavy atom. The summed E-state index contributed by atoms with van der Waals surface area (Å²) in [6.07, 6.45) is 0.457. The summed E-state index contributed by atoms with van der Waals surface area (Å²) in [5.74, 6) is -2.12. The van der Waals surface area contributed by atoms with Crippen LogP contribution in [0.25, 0.3) is 0 Å². The van der Waals surface area contributed by atoms with Gasteiger partial charge in [-0.15, -0.1) is 0 Å². The quantitative estimate of drug-likeness (QED) is 0.826. The fourth-order valence-corrected chi connectivity index (χ4v) is 5.34. The molecule has 1 amide bonds. The molecular weight excluding hydrogens is 334 g/mol. The number of anilines is 1. The van der Waals surface area contributed by atoms with Crippen LogP contribution in [0.1, 0.15) is 32.0 Å². The summed E-state index contributed by atoms with van der Waals surface area (Å²) in [5.41, 5.74) is 0.0754. The highest BCUT2D eigenvalue weighted by Crippen LogP contribution is 2.58. The number of aliphatic carboxylic acids is 1. The average molecular weight is 355 g/mol. The minimum Gasteiger partial charge on any atom is -0.481 e. The normalized spacial score (nSPS) is 30.0. The third kappa shape index (κ3) is 2.81. The van der Waals surface area contributed by atoms with E-state index in [1.807, 2.05) is 0 Å². The molecule has 2 aliphatic rings. The first-order valence-corrected chi connectivity index (χ1v) is 9.65. The van der Waals surface area contributed by atoms with Crippen LogP contribution in [0.2, 0.25) is 0 Å². The highest BCUT2D eigenvalue weighted by molar-refractivity contribution is 7.91. The number of amides is 1. The number of carbonyl (C=O) groups is 2. The number of carboxylic acid groups (broad SMARTS) is 1. The van der Waals surface area contributed by atoms with Crippen LogP contribution >= 0.6 is 0 Å². The minimum absolute atomic E-state index is 0.00363. The monoisotopic (exact) mass is 355 g/mol. The van der Waals surface area contributed by atoms with Gasteiger partial charge in [0.2, 0.25) is 5.91 Å². The topological polar surface area (TPSA) is 118 Å². The number of aromatic nitrogens is 2. The van der Waals surface area contributed by atoms with Crippen molar-refractivity contribution in [2.45, 2.75) is 33.2 Å². The fraction of sp³-hybridized carbons (Fsp3) is 0.667. The van der Waals surface area contributed by atoms with E-state index in [1.165, 1.54) is 0 Å². The molecule has 8 nitrogen and oxygen atoms in total. The number of nitrogens with one attached hydrogen (secondary N) is 1. The molecule has 3 atom stereocenters. The van der Waals surface area contributed by atoms with Gasteiger partial charge in [-0.25, -0.2) is 13.1 Å². The van der Waals surface area contributed by atoms with Gasteiger partial charge in [-0.1, -0.05) is 13.8 Å². The second kappa shape index (κ2) is 5.30. The van der Waals surface area contributed by atoms with Crippen molar-refractivity contribution in [2.75, 3.05) is 16.8 Å². The summed E-state index contributed by atoms with van der Waals surface area (Å²) >= 11 is 0. The van der Waals surface area contributed by atoms with Crippen molar-refractivity contribution in [1.29, 1.82) is 0 Å². The van der Waals surface area contributed by atoms with Crippen LogP contribution in [-0.4, -0.2) is 46.7 Å². The highest BCUT2D eigenvalue weighted by Gasteiger charge is 2.66. The summed E-state index contributed by atoms with van der Waals surface area (Å²) in [6, 6.07) is 1.37. The zero-order chi connectivity index (χ0) is 17.9. The van der Waals surface area contributed by atoms with Crippen LogP contribution in [0.4, 0.5) is 5.82 Å². The Morgan fingerprint density at radius 3 is 2.54 bits per heavy atom. The van der Waals surface area contributed by atoms with Gasteiger partial charge < -0.3 is 10.4 Å². The fourth-order valence-electron chi connectivity index (χ4n) is 3.65. The molecule has 1 aromatic rings. The number of carbonyl (C=O) groups excluding carboxylic acids is 1. The minimum atomic E-state index is -3.07. The lowest BCUT2D eigenvalue weighted by Gasteiger charge is -2.14. The van der Waals surface area contributed by atoms with E-state index in [0.29, 0.717) is 17.9 Å². The van der Waals surface area contributed by atoms with Gasteiger partial charge in [-0.2, -0.15) is 5.10 Å². The molecule has 1 saturated heterocycles. The van der Waals surface area contributed by atoms with Gasteiger partial charge in [0, 0.05) is 6.07 Å². The van der Waals surface area contributed by atoms with E-state index in [0.717, 1.165) is 0 Å². The van der Waals surface area contributed by atoms with E-state index in [4.69, 9.17) is 0 Å². The first-order valence-electron chi connectivity index (χ1n) is 7.83. The molecule has 0 spiro atoms. The average Bonchev–Trinajstić information content (AvgIpc) is 2.70. The van der Waals surface area contributed by atoms with E-state index >= 15 is 0 Å². The highest BCUT2D eigenvalue weighted by atomic mass is 32.2. The van der Waals surface area contributed by atoms with Crippen LogP contribution in [0.3, 0.4) is 0 Å². The van der Waals surface area contributed by atoms with Crippen LogP contribution in [0, 0.1) is 24.2 Å². The van der Waals surface area contributed by atoms with Crippen molar-refractivity contribution in [3.05, 3.63) is 11.8 Å². The van der Waals surface area contributed by atoms with E-state index < -0.39 is 33.1 Å². The Kier molecular flexibility index (Phi) is 3.74. The molecule has 132 valence electrons. The predicted molar refractivity (Wildman–Crippen MR) is 86.3 cm³/mol. The van der Waals surface area contributed by atoms with E-state index in [9.17, 15) is 23.1 Å². The Morgan fingerprint density at radius 1 is 1.38 bits per heavy atom. The second-order valence-corrected chi connectivity index (χ2v) is 9.51. The maximum atomic E-state index is 12.5. The van der Waals surface area contributed by atoms with Crippen LogP contribution in [0.5, 0.6) is 0 Å². The van der Waals surface area contributed by atoms with E-state index in [2.05, 4.69) is 10.4 Å². The third-order valence-corrected chi connectivity index (χ3v) is 6.79. The summed E-state index contributed by atoms with van der Waals surface area (Å²) in [5, 5.41) is 16.2. The standard InChI is InChI=1S/C15H21N3O5S/c1-8-6-10(18(17-8)9-4-5-24(22,23)7-9)16-13(19)11-12(14(20)21)15(11,2)3/h6,9,11-12H,4-5,7H2,1-3H3,(H,16,19)(H,20,21)/t9-,11-,12+/m0/s1. The Balaban J connectivity index is 1.79. The third-order valence-electron chi connectivity index (χ3n) is 5.04. The van der Waals surface area contributed by atoms with Gasteiger partial charge in [0.1, 0.15) is 5.82 Å².